The van der Waals surface area contributed by atoms with Gasteiger partial charge in [-0.1, -0.05) is 48.5 Å². The Labute approximate surface area is 148 Å². The van der Waals surface area contributed by atoms with Gasteiger partial charge in [-0.25, -0.2) is 4.39 Å². The second-order valence-corrected chi connectivity index (χ2v) is 6.06. The van der Waals surface area contributed by atoms with Crippen LogP contribution in [0.5, 0.6) is 5.75 Å². The highest BCUT2D eigenvalue weighted by molar-refractivity contribution is 5.71. The van der Waals surface area contributed by atoms with E-state index >= 15 is 0 Å². The average molecular weight is 335 g/mol. The Hall–Kier alpha value is -2.65. The van der Waals surface area contributed by atoms with Crippen LogP contribution in [-0.2, 0) is 6.54 Å². The summed E-state index contributed by atoms with van der Waals surface area (Å²) in [5, 5.41) is 3.45. The minimum atomic E-state index is -0.207. The number of halogens is 1. The van der Waals surface area contributed by atoms with Gasteiger partial charge in [-0.05, 0) is 47.9 Å². The van der Waals surface area contributed by atoms with Crippen LogP contribution in [0.25, 0.3) is 11.1 Å². The van der Waals surface area contributed by atoms with Gasteiger partial charge < -0.3 is 10.1 Å². The maximum absolute atomic E-state index is 13.4. The SMILES string of the molecule is COc1ccc(CN[C@H](C)c2cccc(F)c2)cc1-c1ccccc1. The summed E-state index contributed by atoms with van der Waals surface area (Å²) in [6.07, 6.45) is 0. The largest absolute Gasteiger partial charge is 0.496 e. The molecule has 0 aliphatic heterocycles. The van der Waals surface area contributed by atoms with E-state index in [-0.39, 0.29) is 11.9 Å². The van der Waals surface area contributed by atoms with E-state index < -0.39 is 0 Å². The molecule has 0 unspecified atom stereocenters. The Kier molecular flexibility index (Phi) is 5.46. The van der Waals surface area contributed by atoms with Gasteiger partial charge in [0, 0.05) is 18.2 Å². The van der Waals surface area contributed by atoms with Crippen molar-refractivity contribution < 1.29 is 9.13 Å². The summed E-state index contributed by atoms with van der Waals surface area (Å²) in [4.78, 5) is 0. The first-order valence-corrected chi connectivity index (χ1v) is 8.38. The van der Waals surface area contributed by atoms with E-state index in [4.69, 9.17) is 4.74 Å². The summed E-state index contributed by atoms with van der Waals surface area (Å²) in [6.45, 7) is 2.73. The van der Waals surface area contributed by atoms with Crippen LogP contribution in [0.2, 0.25) is 0 Å². The maximum Gasteiger partial charge on any atom is 0.126 e. The number of benzene rings is 3. The lowest BCUT2D eigenvalue weighted by atomic mass is 10.0. The zero-order chi connectivity index (χ0) is 17.6. The molecule has 128 valence electrons. The van der Waals surface area contributed by atoms with Crippen molar-refractivity contribution >= 4 is 0 Å². The molecule has 0 aliphatic carbocycles. The van der Waals surface area contributed by atoms with Gasteiger partial charge in [0.1, 0.15) is 11.6 Å². The molecule has 3 aromatic carbocycles. The average Bonchev–Trinajstić information content (AvgIpc) is 2.66. The zero-order valence-corrected chi connectivity index (χ0v) is 14.5. The van der Waals surface area contributed by atoms with E-state index in [1.807, 2.05) is 37.3 Å². The Balaban J connectivity index is 1.77. The van der Waals surface area contributed by atoms with Crippen molar-refractivity contribution in [2.75, 3.05) is 7.11 Å². The lowest BCUT2D eigenvalue weighted by Crippen LogP contribution is -2.18. The number of nitrogens with one attached hydrogen (secondary N) is 1. The molecule has 3 heteroatoms. The predicted molar refractivity (Wildman–Crippen MR) is 100 cm³/mol. The van der Waals surface area contributed by atoms with E-state index in [9.17, 15) is 4.39 Å². The molecule has 0 amide bonds. The minimum absolute atomic E-state index is 0.0676. The highest BCUT2D eigenvalue weighted by atomic mass is 19.1. The highest BCUT2D eigenvalue weighted by Crippen LogP contribution is 2.31. The lowest BCUT2D eigenvalue weighted by Gasteiger charge is -2.16. The zero-order valence-electron chi connectivity index (χ0n) is 14.5. The number of hydrogen-bond acceptors (Lipinski definition) is 2. The molecule has 0 spiro atoms. The first kappa shape index (κ1) is 17.2. The van der Waals surface area contributed by atoms with Crippen molar-refractivity contribution in [1.29, 1.82) is 0 Å². The molecule has 0 saturated carbocycles. The summed E-state index contributed by atoms with van der Waals surface area (Å²) >= 11 is 0. The number of rotatable bonds is 6. The molecule has 1 atom stereocenters. The maximum atomic E-state index is 13.4. The van der Waals surface area contributed by atoms with Gasteiger partial charge in [0.15, 0.2) is 0 Å². The van der Waals surface area contributed by atoms with Gasteiger partial charge in [-0.15, -0.1) is 0 Å². The van der Waals surface area contributed by atoms with Crippen LogP contribution < -0.4 is 10.1 Å². The molecule has 2 nitrogen and oxygen atoms in total. The third-order valence-corrected chi connectivity index (χ3v) is 4.31. The third-order valence-electron chi connectivity index (χ3n) is 4.31. The molecular weight excluding hydrogens is 313 g/mol. The Bertz CT molecular complexity index is 832. The van der Waals surface area contributed by atoms with E-state index in [2.05, 4.69) is 29.6 Å². The lowest BCUT2D eigenvalue weighted by molar-refractivity contribution is 0.416. The topological polar surface area (TPSA) is 21.3 Å². The highest BCUT2D eigenvalue weighted by Gasteiger charge is 2.09. The quantitative estimate of drug-likeness (QED) is 0.655. The van der Waals surface area contributed by atoms with Gasteiger partial charge in [0.2, 0.25) is 0 Å². The summed E-state index contributed by atoms with van der Waals surface area (Å²) in [7, 11) is 1.69. The molecule has 0 aromatic heterocycles. The smallest absolute Gasteiger partial charge is 0.126 e. The fraction of sp³-hybridized carbons (Fsp3) is 0.182. The molecule has 0 aliphatic rings. The monoisotopic (exact) mass is 335 g/mol. The molecule has 0 heterocycles. The van der Waals surface area contributed by atoms with Gasteiger partial charge >= 0.3 is 0 Å². The Morgan fingerprint density at radius 3 is 2.48 bits per heavy atom. The van der Waals surface area contributed by atoms with Crippen LogP contribution in [0.1, 0.15) is 24.1 Å². The van der Waals surface area contributed by atoms with Crippen molar-refractivity contribution in [3.05, 3.63) is 89.7 Å². The van der Waals surface area contributed by atoms with Gasteiger partial charge in [-0.2, -0.15) is 0 Å². The van der Waals surface area contributed by atoms with Crippen LogP contribution in [0.3, 0.4) is 0 Å². The normalized spacial score (nSPS) is 12.0. The van der Waals surface area contributed by atoms with Crippen LogP contribution in [0.15, 0.2) is 72.8 Å². The number of hydrogen-bond donors (Lipinski definition) is 1. The van der Waals surface area contributed by atoms with Crippen molar-refractivity contribution in [2.24, 2.45) is 0 Å². The summed E-state index contributed by atoms with van der Waals surface area (Å²) < 4.78 is 18.9. The van der Waals surface area contributed by atoms with E-state index in [1.165, 1.54) is 6.07 Å². The molecule has 25 heavy (non-hydrogen) atoms. The molecule has 0 radical (unpaired) electrons. The first-order valence-electron chi connectivity index (χ1n) is 8.38. The molecule has 3 aromatic rings. The van der Waals surface area contributed by atoms with Crippen molar-refractivity contribution in [2.45, 2.75) is 19.5 Å². The van der Waals surface area contributed by atoms with Gasteiger partial charge in [-0.3, -0.25) is 0 Å². The second kappa shape index (κ2) is 7.95. The molecule has 0 saturated heterocycles. The van der Waals surface area contributed by atoms with Crippen LogP contribution >= 0.6 is 0 Å². The van der Waals surface area contributed by atoms with Crippen LogP contribution in [0, 0.1) is 5.82 Å². The summed E-state index contributed by atoms with van der Waals surface area (Å²) in [6, 6.07) is 23.1. The molecule has 0 bridgehead atoms. The van der Waals surface area contributed by atoms with Crippen LogP contribution in [0.4, 0.5) is 4.39 Å². The standard InChI is InChI=1S/C22H22FNO/c1-16(19-9-6-10-20(23)14-19)24-15-17-11-12-22(25-2)21(13-17)18-7-4-3-5-8-18/h3-14,16,24H,15H2,1-2H3/t16-/m1/s1. The molecular formula is C22H22FNO. The van der Waals surface area contributed by atoms with E-state index in [0.29, 0.717) is 6.54 Å². The fourth-order valence-electron chi connectivity index (χ4n) is 2.87. The fourth-order valence-corrected chi connectivity index (χ4v) is 2.87. The van der Waals surface area contributed by atoms with Crippen molar-refractivity contribution in [1.82, 2.24) is 5.32 Å². The Morgan fingerprint density at radius 2 is 1.76 bits per heavy atom. The van der Waals surface area contributed by atoms with E-state index in [1.54, 1.807) is 19.2 Å². The summed E-state index contributed by atoms with van der Waals surface area (Å²) in [5.41, 5.74) is 4.29. The molecule has 0 fully saturated rings. The van der Waals surface area contributed by atoms with E-state index in [0.717, 1.165) is 28.0 Å². The predicted octanol–water partition coefficient (Wildman–Crippen LogP) is 5.35. The third kappa shape index (κ3) is 4.25. The number of ether oxygens (including phenoxy) is 1. The summed E-state index contributed by atoms with van der Waals surface area (Å²) in [5.74, 6) is 0.648. The van der Waals surface area contributed by atoms with Gasteiger partial charge in [0.05, 0.1) is 7.11 Å². The van der Waals surface area contributed by atoms with Crippen molar-refractivity contribution in [3.63, 3.8) is 0 Å². The molecule has 1 N–H and O–H groups in total. The first-order chi connectivity index (χ1) is 12.2. The molecule has 3 rings (SSSR count). The van der Waals surface area contributed by atoms with Crippen LogP contribution in [-0.4, -0.2) is 7.11 Å². The van der Waals surface area contributed by atoms with Crippen molar-refractivity contribution in [3.8, 4) is 16.9 Å². The van der Waals surface area contributed by atoms with Gasteiger partial charge in [0.25, 0.3) is 0 Å². The Morgan fingerprint density at radius 1 is 0.960 bits per heavy atom. The number of methoxy groups -OCH3 is 1. The minimum Gasteiger partial charge on any atom is -0.496 e. The second-order valence-electron chi connectivity index (χ2n) is 6.06.